The fourth-order valence-corrected chi connectivity index (χ4v) is 2.96. The molecule has 1 heterocycles. The highest BCUT2D eigenvalue weighted by atomic mass is 16.4. The van der Waals surface area contributed by atoms with E-state index in [-0.39, 0.29) is 24.2 Å². The van der Waals surface area contributed by atoms with E-state index in [4.69, 9.17) is 5.11 Å². The van der Waals surface area contributed by atoms with Crippen molar-refractivity contribution in [1.29, 1.82) is 0 Å². The molecule has 1 N–H and O–H groups in total. The van der Waals surface area contributed by atoms with Crippen LogP contribution in [0.4, 0.5) is 5.69 Å². The van der Waals surface area contributed by atoms with Gasteiger partial charge in [-0.1, -0.05) is 42.5 Å². The highest BCUT2D eigenvalue weighted by molar-refractivity contribution is 6.21. The maximum atomic E-state index is 12.7. The van der Waals surface area contributed by atoms with Gasteiger partial charge in [-0.3, -0.25) is 14.5 Å². The number of carbonyl (C=O) groups excluding carboxylic acids is 2. The van der Waals surface area contributed by atoms with Crippen LogP contribution in [0, 0.1) is 5.92 Å². The van der Waals surface area contributed by atoms with Gasteiger partial charge in [0.25, 0.3) is 0 Å². The molecule has 126 valence electrons. The average Bonchev–Trinajstić information content (AvgIpc) is 2.88. The Labute approximate surface area is 145 Å². The molecule has 1 saturated heterocycles. The molecule has 1 aliphatic heterocycles. The number of nitrogens with zero attached hydrogens (tertiary/aromatic N) is 1. The summed E-state index contributed by atoms with van der Waals surface area (Å²) in [5, 5.41) is 8.71. The minimum absolute atomic E-state index is 0.183. The van der Waals surface area contributed by atoms with E-state index in [0.717, 1.165) is 11.6 Å². The lowest BCUT2D eigenvalue weighted by atomic mass is 9.98. The molecule has 0 saturated carbocycles. The second-order valence-corrected chi connectivity index (χ2v) is 5.92. The molecule has 3 rings (SSSR count). The van der Waals surface area contributed by atoms with Gasteiger partial charge in [0, 0.05) is 12.5 Å². The number of amides is 2. The summed E-state index contributed by atoms with van der Waals surface area (Å²) in [6.07, 6.45) is 3.16. The van der Waals surface area contributed by atoms with Crippen molar-refractivity contribution in [3.63, 3.8) is 0 Å². The van der Waals surface area contributed by atoms with Gasteiger partial charge in [0.15, 0.2) is 0 Å². The molecule has 0 radical (unpaired) electrons. The van der Waals surface area contributed by atoms with Crippen LogP contribution in [0.3, 0.4) is 0 Å². The molecule has 0 aromatic heterocycles. The largest absolute Gasteiger partial charge is 0.478 e. The third-order valence-corrected chi connectivity index (χ3v) is 4.11. The number of carboxylic acids is 1. The van der Waals surface area contributed by atoms with Gasteiger partial charge in [0.1, 0.15) is 0 Å². The first-order valence-electron chi connectivity index (χ1n) is 7.96. The first-order chi connectivity index (χ1) is 12.0. The summed E-state index contributed by atoms with van der Waals surface area (Å²) >= 11 is 0. The molecular weight excluding hydrogens is 318 g/mol. The molecule has 5 heteroatoms. The standard InChI is InChI=1S/C20H17NO4/c22-18-13-16(11-14-5-2-1-3-6-14)20(25)21(18)17-8-4-7-15(12-17)9-10-19(23)24/h1-10,12,16H,11,13H2,(H,23,24)/t16-/m0/s1. The summed E-state index contributed by atoms with van der Waals surface area (Å²) in [4.78, 5) is 36.9. The Kier molecular flexibility index (Phi) is 4.75. The van der Waals surface area contributed by atoms with Crippen LogP contribution in [0.5, 0.6) is 0 Å². The number of carbonyl (C=O) groups is 3. The maximum Gasteiger partial charge on any atom is 0.328 e. The predicted molar refractivity (Wildman–Crippen MR) is 93.9 cm³/mol. The van der Waals surface area contributed by atoms with Crippen LogP contribution >= 0.6 is 0 Å². The maximum absolute atomic E-state index is 12.7. The molecule has 1 fully saturated rings. The van der Waals surface area contributed by atoms with Crippen LogP contribution in [0.25, 0.3) is 6.08 Å². The van der Waals surface area contributed by atoms with Crippen LogP contribution < -0.4 is 4.90 Å². The van der Waals surface area contributed by atoms with E-state index >= 15 is 0 Å². The Hall–Kier alpha value is -3.21. The first-order valence-corrected chi connectivity index (χ1v) is 7.96. The van der Waals surface area contributed by atoms with Gasteiger partial charge in [0.05, 0.1) is 11.6 Å². The van der Waals surface area contributed by atoms with Crippen molar-refractivity contribution in [3.8, 4) is 0 Å². The summed E-state index contributed by atoms with van der Waals surface area (Å²) in [6.45, 7) is 0. The first kappa shape index (κ1) is 16.6. The lowest BCUT2D eigenvalue weighted by molar-refractivity contribution is -0.131. The number of aliphatic carboxylic acids is 1. The molecule has 0 unspecified atom stereocenters. The molecule has 1 atom stereocenters. The van der Waals surface area contributed by atoms with Crippen LogP contribution in [0.2, 0.25) is 0 Å². The zero-order valence-electron chi connectivity index (χ0n) is 13.5. The Morgan fingerprint density at radius 1 is 1.12 bits per heavy atom. The zero-order valence-corrected chi connectivity index (χ0v) is 13.5. The molecule has 2 aromatic carbocycles. The molecule has 2 amide bonds. The predicted octanol–water partition coefficient (Wildman–Crippen LogP) is 2.91. The van der Waals surface area contributed by atoms with Crippen molar-refractivity contribution < 1.29 is 19.5 Å². The van der Waals surface area contributed by atoms with Gasteiger partial charge in [-0.2, -0.15) is 0 Å². The van der Waals surface area contributed by atoms with E-state index in [1.807, 2.05) is 30.3 Å². The van der Waals surface area contributed by atoms with Gasteiger partial charge >= 0.3 is 5.97 Å². The summed E-state index contributed by atoms with van der Waals surface area (Å²) in [5.74, 6) is -1.87. The van der Waals surface area contributed by atoms with Crippen molar-refractivity contribution in [2.24, 2.45) is 5.92 Å². The third kappa shape index (κ3) is 3.83. The number of hydrogen-bond acceptors (Lipinski definition) is 3. The number of anilines is 1. The van der Waals surface area contributed by atoms with Gasteiger partial charge in [-0.15, -0.1) is 0 Å². The number of hydrogen-bond donors (Lipinski definition) is 1. The van der Waals surface area contributed by atoms with E-state index in [2.05, 4.69) is 0 Å². The van der Waals surface area contributed by atoms with Crippen molar-refractivity contribution in [2.75, 3.05) is 4.90 Å². The molecular formula is C20H17NO4. The number of carboxylic acid groups (broad SMARTS) is 1. The van der Waals surface area contributed by atoms with Crippen LogP contribution in [-0.4, -0.2) is 22.9 Å². The Balaban J connectivity index is 1.81. The van der Waals surface area contributed by atoms with E-state index in [1.54, 1.807) is 24.3 Å². The molecule has 0 aliphatic carbocycles. The van der Waals surface area contributed by atoms with E-state index < -0.39 is 5.97 Å². The van der Waals surface area contributed by atoms with Crippen molar-refractivity contribution in [1.82, 2.24) is 0 Å². The summed E-state index contributed by atoms with van der Waals surface area (Å²) < 4.78 is 0. The number of benzene rings is 2. The van der Waals surface area contributed by atoms with Gasteiger partial charge in [0.2, 0.25) is 11.8 Å². The minimum atomic E-state index is -1.05. The Bertz CT molecular complexity index is 842. The Morgan fingerprint density at radius 2 is 1.88 bits per heavy atom. The summed E-state index contributed by atoms with van der Waals surface area (Å²) in [5.41, 5.74) is 2.11. The smallest absolute Gasteiger partial charge is 0.328 e. The fraction of sp³-hybridized carbons (Fsp3) is 0.150. The number of rotatable bonds is 5. The van der Waals surface area contributed by atoms with E-state index in [9.17, 15) is 14.4 Å². The third-order valence-electron chi connectivity index (χ3n) is 4.11. The molecule has 25 heavy (non-hydrogen) atoms. The fourth-order valence-electron chi connectivity index (χ4n) is 2.96. The van der Waals surface area contributed by atoms with Crippen LogP contribution in [-0.2, 0) is 20.8 Å². The Morgan fingerprint density at radius 3 is 2.60 bits per heavy atom. The highest BCUT2D eigenvalue weighted by Crippen LogP contribution is 2.29. The zero-order chi connectivity index (χ0) is 17.8. The van der Waals surface area contributed by atoms with Crippen LogP contribution in [0.1, 0.15) is 17.5 Å². The van der Waals surface area contributed by atoms with E-state index in [0.29, 0.717) is 17.7 Å². The minimum Gasteiger partial charge on any atom is -0.478 e. The number of imide groups is 1. The van der Waals surface area contributed by atoms with Crippen molar-refractivity contribution in [2.45, 2.75) is 12.8 Å². The van der Waals surface area contributed by atoms with Gasteiger partial charge in [-0.05, 0) is 35.8 Å². The van der Waals surface area contributed by atoms with Crippen LogP contribution in [0.15, 0.2) is 60.7 Å². The van der Waals surface area contributed by atoms with Crippen molar-refractivity contribution >= 4 is 29.5 Å². The molecule has 1 aliphatic rings. The lowest BCUT2D eigenvalue weighted by Crippen LogP contribution is -2.30. The molecule has 0 bridgehead atoms. The highest BCUT2D eigenvalue weighted by Gasteiger charge is 2.39. The normalized spacial score (nSPS) is 17.4. The van der Waals surface area contributed by atoms with Gasteiger partial charge in [-0.25, -0.2) is 4.79 Å². The van der Waals surface area contributed by atoms with Gasteiger partial charge < -0.3 is 5.11 Å². The molecule has 2 aromatic rings. The topological polar surface area (TPSA) is 74.7 Å². The summed E-state index contributed by atoms with van der Waals surface area (Å²) in [6, 6.07) is 16.3. The van der Waals surface area contributed by atoms with Crippen molar-refractivity contribution in [3.05, 3.63) is 71.8 Å². The SMILES string of the molecule is O=C(O)C=Cc1cccc(N2C(=O)C[C@H](Cc3ccccc3)C2=O)c1. The second kappa shape index (κ2) is 7.13. The van der Waals surface area contributed by atoms with E-state index in [1.165, 1.54) is 11.0 Å². The monoisotopic (exact) mass is 335 g/mol. The summed E-state index contributed by atoms with van der Waals surface area (Å²) in [7, 11) is 0. The quantitative estimate of drug-likeness (QED) is 0.673. The molecule has 0 spiro atoms. The molecule has 5 nitrogen and oxygen atoms in total. The lowest BCUT2D eigenvalue weighted by Gasteiger charge is -2.15. The average molecular weight is 335 g/mol. The second-order valence-electron chi connectivity index (χ2n) is 5.92.